The first-order valence-corrected chi connectivity index (χ1v) is 5.74. The van der Waals surface area contributed by atoms with Crippen LogP contribution in [0.4, 0.5) is 14.5 Å². The number of hydrogen-bond acceptors (Lipinski definition) is 3. The molecule has 0 spiro atoms. The molecule has 2 rings (SSSR count). The van der Waals surface area contributed by atoms with Crippen LogP contribution < -0.4 is 5.32 Å². The first kappa shape index (κ1) is 12.9. The minimum atomic E-state index is -3.06. The number of nitro groups is 1. The van der Waals surface area contributed by atoms with Crippen molar-refractivity contribution in [3.63, 3.8) is 0 Å². The van der Waals surface area contributed by atoms with Gasteiger partial charge in [-0.3, -0.25) is 10.1 Å². The molecule has 0 fully saturated rings. The van der Waals surface area contributed by atoms with Crippen LogP contribution in [-0.4, -0.2) is 17.0 Å². The topological polar surface area (TPSA) is 55.2 Å². The summed E-state index contributed by atoms with van der Waals surface area (Å²) >= 11 is 0. The Morgan fingerprint density at radius 1 is 1.50 bits per heavy atom. The minimum absolute atomic E-state index is 0.0647. The fourth-order valence-electron chi connectivity index (χ4n) is 2.27. The molecular weight excluding hydrogens is 242 g/mol. The van der Waals surface area contributed by atoms with Gasteiger partial charge in [-0.2, -0.15) is 8.78 Å². The highest BCUT2D eigenvalue weighted by Gasteiger charge is 2.49. The third-order valence-electron chi connectivity index (χ3n) is 3.06. The maximum absolute atomic E-state index is 14.1. The van der Waals surface area contributed by atoms with Crippen LogP contribution in [0.1, 0.15) is 25.0 Å². The lowest BCUT2D eigenvalue weighted by Gasteiger charge is -2.23. The van der Waals surface area contributed by atoms with Crippen molar-refractivity contribution in [3.05, 3.63) is 39.4 Å². The Kier molecular flexibility index (Phi) is 3.06. The number of non-ortho nitro benzene ring substituents is 1. The molecule has 1 atom stereocenters. The maximum atomic E-state index is 14.1. The number of nitrogens with zero attached hydrogens (tertiary/aromatic N) is 1. The molecule has 0 heterocycles. The van der Waals surface area contributed by atoms with Gasteiger partial charge in [-0.1, -0.05) is 19.9 Å². The van der Waals surface area contributed by atoms with E-state index in [1.807, 2.05) is 0 Å². The van der Waals surface area contributed by atoms with Gasteiger partial charge in [0.1, 0.15) is 0 Å². The van der Waals surface area contributed by atoms with Crippen LogP contribution in [0.15, 0.2) is 18.2 Å². The Bertz CT molecular complexity index is 489. The second-order valence-corrected chi connectivity index (χ2v) is 4.80. The van der Waals surface area contributed by atoms with E-state index in [1.165, 1.54) is 12.1 Å². The summed E-state index contributed by atoms with van der Waals surface area (Å²) in [5.74, 6) is -3.06. The van der Waals surface area contributed by atoms with Gasteiger partial charge in [0.15, 0.2) is 0 Å². The second-order valence-electron chi connectivity index (χ2n) is 4.80. The molecule has 1 unspecified atom stereocenters. The van der Waals surface area contributed by atoms with Gasteiger partial charge in [-0.15, -0.1) is 0 Å². The summed E-state index contributed by atoms with van der Waals surface area (Å²) in [5, 5.41) is 13.4. The predicted molar refractivity (Wildman–Crippen MR) is 62.8 cm³/mol. The third-order valence-corrected chi connectivity index (χ3v) is 3.06. The molecule has 4 nitrogen and oxygen atoms in total. The number of nitro benzene ring substituents is 1. The van der Waals surface area contributed by atoms with Crippen molar-refractivity contribution in [2.75, 3.05) is 0 Å². The Balaban J connectivity index is 2.38. The highest BCUT2D eigenvalue weighted by atomic mass is 19.3. The average molecular weight is 256 g/mol. The largest absolute Gasteiger partial charge is 0.306 e. The standard InChI is InChI=1S/C12H14F2N2O2/c1-7(2)15-11-5-8-3-4-9(16(17)18)6-10(8)12(11,13)14/h3-4,6-7,11,15H,5H2,1-2H3. The number of hydrogen-bond donors (Lipinski definition) is 1. The molecule has 0 bridgehead atoms. The van der Waals surface area contributed by atoms with Gasteiger partial charge in [-0.25, -0.2) is 0 Å². The van der Waals surface area contributed by atoms with Crippen LogP contribution in [0.25, 0.3) is 0 Å². The van der Waals surface area contributed by atoms with Crippen molar-refractivity contribution >= 4 is 5.69 Å². The van der Waals surface area contributed by atoms with Gasteiger partial charge < -0.3 is 5.32 Å². The molecule has 0 amide bonds. The van der Waals surface area contributed by atoms with Gasteiger partial charge in [0.25, 0.3) is 11.6 Å². The number of nitrogens with one attached hydrogen (secondary N) is 1. The fraction of sp³-hybridized carbons (Fsp3) is 0.500. The molecule has 1 N–H and O–H groups in total. The molecule has 0 radical (unpaired) electrons. The highest BCUT2D eigenvalue weighted by molar-refractivity contribution is 5.46. The predicted octanol–water partition coefficient (Wildman–Crippen LogP) is 2.61. The zero-order valence-electron chi connectivity index (χ0n) is 10.1. The normalized spacial score (nSPS) is 21.1. The number of rotatable bonds is 3. The molecule has 18 heavy (non-hydrogen) atoms. The van der Waals surface area contributed by atoms with Crippen LogP contribution in [0.3, 0.4) is 0 Å². The highest BCUT2D eigenvalue weighted by Crippen LogP contribution is 2.43. The molecular formula is C12H14F2N2O2. The lowest BCUT2D eigenvalue weighted by molar-refractivity contribution is -0.385. The van der Waals surface area contributed by atoms with Gasteiger partial charge in [0, 0.05) is 23.7 Å². The van der Waals surface area contributed by atoms with E-state index >= 15 is 0 Å². The Morgan fingerprint density at radius 2 is 2.17 bits per heavy atom. The smallest absolute Gasteiger partial charge is 0.289 e. The van der Waals surface area contributed by atoms with E-state index < -0.39 is 16.9 Å². The second kappa shape index (κ2) is 4.28. The molecule has 1 aliphatic carbocycles. The van der Waals surface area contributed by atoms with Crippen LogP contribution >= 0.6 is 0 Å². The fourth-order valence-corrected chi connectivity index (χ4v) is 2.27. The molecule has 0 aromatic heterocycles. The van der Waals surface area contributed by atoms with Crippen molar-refractivity contribution < 1.29 is 13.7 Å². The van der Waals surface area contributed by atoms with Gasteiger partial charge in [-0.05, 0) is 12.0 Å². The Morgan fingerprint density at radius 3 is 2.72 bits per heavy atom. The van der Waals surface area contributed by atoms with Crippen molar-refractivity contribution in [2.45, 2.75) is 38.3 Å². The summed E-state index contributed by atoms with van der Waals surface area (Å²) in [6.45, 7) is 3.59. The van der Waals surface area contributed by atoms with Gasteiger partial charge in [0.05, 0.1) is 11.0 Å². The summed E-state index contributed by atoms with van der Waals surface area (Å²) < 4.78 is 28.2. The quantitative estimate of drug-likeness (QED) is 0.668. The van der Waals surface area contributed by atoms with Crippen LogP contribution in [-0.2, 0) is 12.3 Å². The SMILES string of the molecule is CC(C)NC1Cc2ccc([N+](=O)[O-])cc2C1(F)F. The summed E-state index contributed by atoms with van der Waals surface area (Å²) in [5.41, 5.74) is -0.0442. The molecule has 0 saturated heterocycles. The maximum Gasteiger partial charge on any atom is 0.289 e. The third kappa shape index (κ3) is 2.08. The summed E-state index contributed by atoms with van der Waals surface area (Å²) in [7, 11) is 0. The molecule has 1 aromatic carbocycles. The number of fused-ring (bicyclic) bond motifs is 1. The minimum Gasteiger partial charge on any atom is -0.306 e. The first-order valence-electron chi connectivity index (χ1n) is 5.74. The van der Waals surface area contributed by atoms with Crippen molar-refractivity contribution in [3.8, 4) is 0 Å². The van der Waals surface area contributed by atoms with E-state index in [1.54, 1.807) is 13.8 Å². The molecule has 0 saturated carbocycles. The van der Waals surface area contributed by atoms with E-state index in [0.29, 0.717) is 5.56 Å². The lowest BCUT2D eigenvalue weighted by atomic mass is 10.1. The molecule has 1 aliphatic rings. The van der Waals surface area contributed by atoms with E-state index in [4.69, 9.17) is 0 Å². The summed E-state index contributed by atoms with van der Waals surface area (Å²) in [4.78, 5) is 9.96. The van der Waals surface area contributed by atoms with E-state index in [9.17, 15) is 18.9 Å². The number of benzene rings is 1. The monoisotopic (exact) mass is 256 g/mol. The van der Waals surface area contributed by atoms with Crippen LogP contribution in [0.5, 0.6) is 0 Å². The van der Waals surface area contributed by atoms with Crippen molar-refractivity contribution in [1.82, 2.24) is 5.32 Å². The van der Waals surface area contributed by atoms with E-state index in [-0.39, 0.29) is 23.7 Å². The Hall–Kier alpha value is -1.56. The van der Waals surface area contributed by atoms with E-state index in [2.05, 4.69) is 5.32 Å². The Labute approximate surface area is 103 Å². The first-order chi connectivity index (χ1) is 8.32. The lowest BCUT2D eigenvalue weighted by Crippen LogP contribution is -2.43. The van der Waals surface area contributed by atoms with E-state index in [0.717, 1.165) is 6.07 Å². The molecule has 1 aromatic rings. The number of alkyl halides is 2. The zero-order chi connectivity index (χ0) is 13.5. The van der Waals surface area contributed by atoms with Crippen molar-refractivity contribution in [1.29, 1.82) is 0 Å². The molecule has 98 valence electrons. The average Bonchev–Trinajstić information content (AvgIpc) is 2.50. The van der Waals surface area contributed by atoms with Crippen LogP contribution in [0, 0.1) is 10.1 Å². The van der Waals surface area contributed by atoms with Crippen molar-refractivity contribution in [2.24, 2.45) is 0 Å². The van der Waals surface area contributed by atoms with Gasteiger partial charge >= 0.3 is 0 Å². The van der Waals surface area contributed by atoms with Gasteiger partial charge in [0.2, 0.25) is 0 Å². The summed E-state index contributed by atoms with van der Waals surface area (Å²) in [6.07, 6.45) is 0.193. The summed E-state index contributed by atoms with van der Waals surface area (Å²) in [6, 6.07) is 2.62. The zero-order valence-corrected chi connectivity index (χ0v) is 10.1. The number of halogens is 2. The van der Waals surface area contributed by atoms with Crippen LogP contribution in [0.2, 0.25) is 0 Å². The molecule has 6 heteroatoms. The molecule has 0 aliphatic heterocycles.